The molecule has 1 saturated carbocycles. The standard InChI is InChI=1S/C14H22N3O3S/c1-19-13-3-2-11(10-12(13)17(15,18)21)14(4-5-14)16-6-8-20-9-7-16/h2-3,10,18,21H,4-9,15H2,1H3/q+1. The highest BCUT2D eigenvalue weighted by molar-refractivity contribution is 7.79. The molecule has 2 fully saturated rings. The lowest BCUT2D eigenvalue weighted by Crippen LogP contribution is -2.45. The summed E-state index contributed by atoms with van der Waals surface area (Å²) in [4.78, 5) is 2.46. The highest BCUT2D eigenvalue weighted by Gasteiger charge is 2.50. The predicted octanol–water partition coefficient (Wildman–Crippen LogP) is 1.43. The molecule has 1 aromatic carbocycles. The van der Waals surface area contributed by atoms with Gasteiger partial charge in [-0.05, 0) is 28.6 Å². The van der Waals surface area contributed by atoms with E-state index in [1.807, 2.05) is 18.2 Å². The van der Waals surface area contributed by atoms with Crippen molar-refractivity contribution in [1.82, 2.24) is 9.06 Å². The lowest BCUT2D eigenvalue weighted by atomic mass is 10.0. The Kier molecular flexibility index (Phi) is 3.89. The number of nitrogens with zero attached hydrogens (tertiary/aromatic N) is 2. The summed E-state index contributed by atoms with van der Waals surface area (Å²) < 4.78 is 9.67. The Balaban J connectivity index is 1.95. The van der Waals surface area contributed by atoms with Crippen LogP contribution in [0.15, 0.2) is 18.2 Å². The second-order valence-corrected chi connectivity index (χ2v) is 6.28. The molecule has 0 aromatic heterocycles. The average Bonchev–Trinajstić information content (AvgIpc) is 3.28. The molecule has 7 heteroatoms. The third kappa shape index (κ3) is 2.77. The molecule has 1 unspecified atom stereocenters. The summed E-state index contributed by atoms with van der Waals surface area (Å²) in [6, 6.07) is 5.79. The molecule has 0 spiro atoms. The van der Waals surface area contributed by atoms with Crippen LogP contribution in [-0.2, 0) is 10.3 Å². The first-order valence-electron chi connectivity index (χ1n) is 7.12. The van der Waals surface area contributed by atoms with E-state index < -0.39 is 4.16 Å². The number of hydrogen-bond acceptors (Lipinski definition) is 6. The smallest absolute Gasteiger partial charge is 0.239 e. The Labute approximate surface area is 130 Å². The van der Waals surface area contributed by atoms with Crippen LogP contribution in [0.5, 0.6) is 5.75 Å². The summed E-state index contributed by atoms with van der Waals surface area (Å²) in [7, 11) is 1.55. The second-order valence-electron chi connectivity index (χ2n) is 5.67. The number of quaternary nitrogens is 1. The van der Waals surface area contributed by atoms with Gasteiger partial charge in [-0.25, -0.2) is 0 Å². The van der Waals surface area contributed by atoms with Crippen LogP contribution in [0.2, 0.25) is 0 Å². The van der Waals surface area contributed by atoms with Crippen molar-refractivity contribution in [2.24, 2.45) is 5.84 Å². The minimum Gasteiger partial charge on any atom is -0.491 e. The number of benzene rings is 1. The Bertz CT molecular complexity index is 523. The maximum atomic E-state index is 9.99. The van der Waals surface area contributed by atoms with E-state index in [0.717, 1.165) is 44.7 Å². The molecule has 21 heavy (non-hydrogen) atoms. The van der Waals surface area contributed by atoms with Crippen molar-refractivity contribution >= 4 is 18.5 Å². The number of morpholine rings is 1. The molecule has 0 amide bonds. The molecular weight excluding hydrogens is 290 g/mol. The van der Waals surface area contributed by atoms with Crippen LogP contribution in [0.25, 0.3) is 0 Å². The Morgan fingerprint density at radius 1 is 1.38 bits per heavy atom. The molecule has 1 aliphatic heterocycles. The van der Waals surface area contributed by atoms with Crippen LogP contribution in [0, 0.1) is 0 Å². The van der Waals surface area contributed by atoms with E-state index >= 15 is 0 Å². The minimum atomic E-state index is -1.03. The third-order valence-corrected chi connectivity index (χ3v) is 4.63. The van der Waals surface area contributed by atoms with E-state index in [2.05, 4.69) is 17.7 Å². The fourth-order valence-corrected chi connectivity index (χ4v) is 3.29. The molecule has 116 valence electrons. The molecule has 0 bridgehead atoms. The summed E-state index contributed by atoms with van der Waals surface area (Å²) in [6.45, 7) is 3.41. The van der Waals surface area contributed by atoms with Crippen molar-refractivity contribution in [3.05, 3.63) is 23.8 Å². The lowest BCUT2D eigenvalue weighted by Gasteiger charge is -2.35. The van der Waals surface area contributed by atoms with Crippen molar-refractivity contribution in [1.29, 1.82) is 0 Å². The molecule has 1 aliphatic carbocycles. The second kappa shape index (κ2) is 5.42. The number of ether oxygens (including phenoxy) is 2. The van der Waals surface area contributed by atoms with Crippen LogP contribution in [0.1, 0.15) is 18.4 Å². The zero-order valence-electron chi connectivity index (χ0n) is 12.2. The van der Waals surface area contributed by atoms with Gasteiger partial charge in [0.15, 0.2) is 5.75 Å². The highest BCUT2D eigenvalue weighted by Crippen LogP contribution is 2.52. The first kappa shape index (κ1) is 15.1. The van der Waals surface area contributed by atoms with E-state index in [9.17, 15) is 5.21 Å². The molecular formula is C14H22N3O3S+. The molecule has 3 N–H and O–H groups in total. The maximum absolute atomic E-state index is 9.99. The molecule has 3 rings (SSSR count). The van der Waals surface area contributed by atoms with Crippen LogP contribution in [0.3, 0.4) is 0 Å². The number of rotatable bonds is 4. The van der Waals surface area contributed by atoms with Gasteiger partial charge in [-0.1, -0.05) is 6.07 Å². The average molecular weight is 312 g/mol. The van der Waals surface area contributed by atoms with E-state index in [1.54, 1.807) is 7.11 Å². The van der Waals surface area contributed by atoms with Crippen molar-refractivity contribution in [2.75, 3.05) is 33.4 Å². The topological polar surface area (TPSA) is 68.0 Å². The first-order chi connectivity index (χ1) is 9.97. The lowest BCUT2D eigenvalue weighted by molar-refractivity contribution is 0.00774. The van der Waals surface area contributed by atoms with Gasteiger partial charge in [-0.3, -0.25) is 4.90 Å². The van der Waals surface area contributed by atoms with E-state index in [1.165, 1.54) is 0 Å². The quantitative estimate of drug-likeness (QED) is 0.340. The third-order valence-electron chi connectivity index (χ3n) is 4.41. The summed E-state index contributed by atoms with van der Waals surface area (Å²) in [5, 5.41) is 9.99. The Morgan fingerprint density at radius 2 is 2.05 bits per heavy atom. The van der Waals surface area contributed by atoms with Crippen molar-refractivity contribution in [2.45, 2.75) is 18.4 Å². The van der Waals surface area contributed by atoms with Gasteiger partial charge in [-0.2, -0.15) is 5.21 Å². The SMILES string of the molecule is COc1ccc(C2(N3CCOCC3)CC2)cc1[N+](N)(O)S. The number of methoxy groups -OCH3 is 1. The molecule has 6 nitrogen and oxygen atoms in total. The summed E-state index contributed by atoms with van der Waals surface area (Å²) in [5.41, 5.74) is 1.64. The Hall–Kier alpha value is -0.830. The zero-order chi connectivity index (χ0) is 15.1. The van der Waals surface area contributed by atoms with Crippen molar-refractivity contribution in [3.63, 3.8) is 0 Å². The molecule has 1 aromatic rings. The summed E-state index contributed by atoms with van der Waals surface area (Å²) in [5.74, 6) is 6.21. The zero-order valence-corrected chi connectivity index (χ0v) is 13.1. The van der Waals surface area contributed by atoms with Crippen molar-refractivity contribution in [3.8, 4) is 5.75 Å². The maximum Gasteiger partial charge on any atom is 0.239 e. The molecule has 0 radical (unpaired) electrons. The fraction of sp³-hybridized carbons (Fsp3) is 0.571. The van der Waals surface area contributed by atoms with Crippen LogP contribution >= 0.6 is 12.8 Å². The monoisotopic (exact) mass is 312 g/mol. The van der Waals surface area contributed by atoms with Gasteiger partial charge in [0.05, 0.1) is 20.3 Å². The van der Waals surface area contributed by atoms with Gasteiger partial charge < -0.3 is 9.47 Å². The molecule has 1 saturated heterocycles. The predicted molar refractivity (Wildman–Crippen MR) is 83.1 cm³/mol. The largest absolute Gasteiger partial charge is 0.491 e. The van der Waals surface area contributed by atoms with Crippen LogP contribution in [0.4, 0.5) is 5.69 Å². The Morgan fingerprint density at radius 3 is 2.57 bits per heavy atom. The van der Waals surface area contributed by atoms with Gasteiger partial charge in [-0.15, -0.1) is 5.84 Å². The normalized spacial score (nSPS) is 24.4. The van der Waals surface area contributed by atoms with Crippen molar-refractivity contribution < 1.29 is 14.7 Å². The van der Waals surface area contributed by atoms with E-state index in [4.69, 9.17) is 15.3 Å². The van der Waals surface area contributed by atoms with E-state index in [0.29, 0.717) is 11.4 Å². The minimum absolute atomic E-state index is 0.0494. The van der Waals surface area contributed by atoms with Crippen LogP contribution in [-0.4, -0.2) is 43.5 Å². The first-order valence-corrected chi connectivity index (χ1v) is 7.52. The van der Waals surface area contributed by atoms with Gasteiger partial charge in [0.25, 0.3) is 0 Å². The van der Waals surface area contributed by atoms with Gasteiger partial charge in [0.2, 0.25) is 5.69 Å². The summed E-state index contributed by atoms with van der Waals surface area (Å²) in [6.07, 6.45) is 2.22. The number of thiol groups is 1. The fourth-order valence-electron chi connectivity index (χ4n) is 3.13. The highest BCUT2D eigenvalue weighted by atomic mass is 32.1. The molecule has 1 atom stereocenters. The van der Waals surface area contributed by atoms with Crippen LogP contribution < -0.4 is 14.7 Å². The van der Waals surface area contributed by atoms with Gasteiger partial charge in [0.1, 0.15) is 12.8 Å². The molecule has 2 aliphatic rings. The summed E-state index contributed by atoms with van der Waals surface area (Å²) >= 11 is 4.02. The van der Waals surface area contributed by atoms with Gasteiger partial charge in [0, 0.05) is 24.7 Å². The number of nitrogens with two attached hydrogens (primary N) is 1. The number of hydrogen-bond donors (Lipinski definition) is 3. The van der Waals surface area contributed by atoms with E-state index in [-0.39, 0.29) is 5.54 Å². The van der Waals surface area contributed by atoms with Gasteiger partial charge >= 0.3 is 0 Å². The molecule has 1 heterocycles.